The molecule has 1 aliphatic heterocycles. The lowest BCUT2D eigenvalue weighted by molar-refractivity contribution is 0.0637. The highest BCUT2D eigenvalue weighted by molar-refractivity contribution is 5.29. The second-order valence-electron chi connectivity index (χ2n) is 7.87. The van der Waals surface area contributed by atoms with Crippen molar-refractivity contribution < 1.29 is 9.84 Å². The van der Waals surface area contributed by atoms with E-state index in [0.29, 0.717) is 19.2 Å². The minimum Gasteiger partial charge on any atom is -0.491 e. The monoisotopic (exact) mass is 366 g/mol. The summed E-state index contributed by atoms with van der Waals surface area (Å²) in [4.78, 5) is 2.31. The summed E-state index contributed by atoms with van der Waals surface area (Å²) in [5.74, 6) is 0.839. The Balaban J connectivity index is 1.22. The molecule has 1 atom stereocenters. The number of fused-ring (bicyclic) bond motifs is 1. The van der Waals surface area contributed by atoms with E-state index in [0.717, 1.165) is 31.8 Å². The van der Waals surface area contributed by atoms with E-state index in [4.69, 9.17) is 4.74 Å². The summed E-state index contributed by atoms with van der Waals surface area (Å²) in [6.45, 7) is 3.78. The molecule has 0 spiro atoms. The van der Waals surface area contributed by atoms with Crippen LogP contribution in [0.2, 0.25) is 0 Å². The number of aliphatic hydroxyl groups excluding tert-OH is 1. The third-order valence-corrected chi connectivity index (χ3v) is 5.72. The lowest BCUT2D eigenvalue weighted by atomic mass is 9.93. The molecule has 4 rings (SSSR count). The van der Waals surface area contributed by atoms with Crippen LogP contribution in [0.5, 0.6) is 5.75 Å². The molecule has 1 unspecified atom stereocenters. The molecular formula is C23H30N2O2. The molecule has 2 N–H and O–H groups in total. The second-order valence-corrected chi connectivity index (χ2v) is 7.87. The van der Waals surface area contributed by atoms with Gasteiger partial charge in [-0.1, -0.05) is 42.8 Å². The zero-order valence-electron chi connectivity index (χ0n) is 15.9. The summed E-state index contributed by atoms with van der Waals surface area (Å²) in [6.07, 6.45) is 4.51. The second kappa shape index (κ2) is 8.87. The minimum atomic E-state index is -0.480. The van der Waals surface area contributed by atoms with Crippen LogP contribution in [0, 0.1) is 0 Å². The summed E-state index contributed by atoms with van der Waals surface area (Å²) < 4.78 is 5.86. The van der Waals surface area contributed by atoms with Crippen molar-refractivity contribution in [2.45, 2.75) is 50.9 Å². The van der Waals surface area contributed by atoms with Gasteiger partial charge < -0.3 is 15.2 Å². The molecular weight excluding hydrogens is 336 g/mol. The van der Waals surface area contributed by atoms with Crippen molar-refractivity contribution in [3.05, 3.63) is 65.2 Å². The van der Waals surface area contributed by atoms with Crippen molar-refractivity contribution in [3.63, 3.8) is 0 Å². The number of ether oxygens (including phenoxy) is 1. The minimum absolute atomic E-state index is 0.331. The fourth-order valence-corrected chi connectivity index (χ4v) is 3.87. The lowest BCUT2D eigenvalue weighted by Crippen LogP contribution is -2.38. The molecule has 1 aliphatic carbocycles. The Kier molecular flexibility index (Phi) is 6.07. The van der Waals surface area contributed by atoms with Crippen LogP contribution in [0.25, 0.3) is 0 Å². The molecule has 4 heteroatoms. The van der Waals surface area contributed by atoms with Crippen LogP contribution in [0.1, 0.15) is 36.0 Å². The van der Waals surface area contributed by atoms with E-state index in [1.165, 1.54) is 36.0 Å². The molecule has 0 aromatic heterocycles. The van der Waals surface area contributed by atoms with Crippen molar-refractivity contribution in [1.82, 2.24) is 10.2 Å². The van der Waals surface area contributed by atoms with Crippen LogP contribution in [0.3, 0.4) is 0 Å². The molecule has 0 amide bonds. The number of β-amino-alcohol motifs (C(OH)–C–C–N with tert-alkyl or cyclic N) is 1. The van der Waals surface area contributed by atoms with Gasteiger partial charge in [-0.3, -0.25) is 4.90 Å². The van der Waals surface area contributed by atoms with E-state index in [9.17, 15) is 5.11 Å². The first-order valence-corrected chi connectivity index (χ1v) is 10.2. The standard InChI is InChI=1S/C23H30N2O2/c26-22(16-25-12-11-19-6-1-2-7-20(19)15-25)17-27-23-10-3-5-18(13-23)14-24-21-8-4-9-21/h1-3,5-7,10,13,21-22,24,26H,4,8-9,11-12,14-17H2. The molecule has 0 radical (unpaired) electrons. The zero-order valence-corrected chi connectivity index (χ0v) is 15.9. The van der Waals surface area contributed by atoms with Crippen LogP contribution >= 0.6 is 0 Å². The van der Waals surface area contributed by atoms with Crippen molar-refractivity contribution >= 4 is 0 Å². The number of nitrogens with one attached hydrogen (secondary N) is 1. The van der Waals surface area contributed by atoms with Gasteiger partial charge in [-0.05, 0) is 48.1 Å². The Morgan fingerprint density at radius 3 is 2.78 bits per heavy atom. The average molecular weight is 367 g/mol. The highest BCUT2D eigenvalue weighted by Gasteiger charge is 2.19. The average Bonchev–Trinajstić information content (AvgIpc) is 2.65. The maximum absolute atomic E-state index is 10.4. The molecule has 4 nitrogen and oxygen atoms in total. The third kappa shape index (κ3) is 5.10. The van der Waals surface area contributed by atoms with Crippen LogP contribution < -0.4 is 10.1 Å². The van der Waals surface area contributed by atoms with Gasteiger partial charge in [0, 0.05) is 32.2 Å². The predicted octanol–water partition coefficient (Wildman–Crippen LogP) is 3.13. The summed E-state index contributed by atoms with van der Waals surface area (Å²) in [6, 6.07) is 17.5. The Morgan fingerprint density at radius 2 is 1.96 bits per heavy atom. The fourth-order valence-electron chi connectivity index (χ4n) is 3.87. The normalized spacial score (nSPS) is 18.6. The van der Waals surface area contributed by atoms with E-state index < -0.39 is 6.10 Å². The fraction of sp³-hybridized carbons (Fsp3) is 0.478. The van der Waals surface area contributed by atoms with Gasteiger partial charge in [0.15, 0.2) is 0 Å². The first-order chi connectivity index (χ1) is 13.3. The third-order valence-electron chi connectivity index (χ3n) is 5.72. The van der Waals surface area contributed by atoms with E-state index in [-0.39, 0.29) is 0 Å². The summed E-state index contributed by atoms with van der Waals surface area (Å²) >= 11 is 0. The Hall–Kier alpha value is -1.88. The van der Waals surface area contributed by atoms with Gasteiger partial charge in [-0.15, -0.1) is 0 Å². The van der Waals surface area contributed by atoms with Gasteiger partial charge in [-0.2, -0.15) is 0 Å². The first-order valence-electron chi connectivity index (χ1n) is 10.2. The highest BCUT2D eigenvalue weighted by atomic mass is 16.5. The molecule has 0 saturated heterocycles. The molecule has 0 bridgehead atoms. The van der Waals surface area contributed by atoms with E-state index in [1.807, 2.05) is 12.1 Å². The Bertz CT molecular complexity index is 745. The maximum atomic E-state index is 10.4. The molecule has 2 aromatic carbocycles. The number of benzene rings is 2. The van der Waals surface area contributed by atoms with Gasteiger partial charge in [0.1, 0.15) is 18.5 Å². The highest BCUT2D eigenvalue weighted by Crippen LogP contribution is 2.20. The molecule has 144 valence electrons. The van der Waals surface area contributed by atoms with Crippen LogP contribution in [-0.4, -0.2) is 41.8 Å². The topological polar surface area (TPSA) is 44.7 Å². The number of aliphatic hydroxyl groups is 1. The molecule has 2 aliphatic rings. The number of rotatable bonds is 8. The first kappa shape index (κ1) is 18.5. The molecule has 1 heterocycles. The Morgan fingerprint density at radius 1 is 1.11 bits per heavy atom. The zero-order chi connectivity index (χ0) is 18.5. The quantitative estimate of drug-likeness (QED) is 0.753. The van der Waals surface area contributed by atoms with Crippen LogP contribution in [0.15, 0.2) is 48.5 Å². The molecule has 2 aromatic rings. The van der Waals surface area contributed by atoms with E-state index in [2.05, 4.69) is 46.6 Å². The summed E-state index contributed by atoms with van der Waals surface area (Å²) in [7, 11) is 0. The van der Waals surface area contributed by atoms with Gasteiger partial charge in [-0.25, -0.2) is 0 Å². The number of nitrogens with zero attached hydrogens (tertiary/aromatic N) is 1. The van der Waals surface area contributed by atoms with Crippen molar-refractivity contribution in [2.75, 3.05) is 19.7 Å². The van der Waals surface area contributed by atoms with E-state index >= 15 is 0 Å². The predicted molar refractivity (Wildman–Crippen MR) is 108 cm³/mol. The maximum Gasteiger partial charge on any atom is 0.119 e. The van der Waals surface area contributed by atoms with Crippen LogP contribution in [-0.2, 0) is 19.5 Å². The van der Waals surface area contributed by atoms with Gasteiger partial charge in [0.25, 0.3) is 0 Å². The SMILES string of the molecule is OC(COc1cccc(CNC2CCC2)c1)CN1CCc2ccccc2C1. The van der Waals surface area contributed by atoms with Crippen molar-refractivity contribution in [1.29, 1.82) is 0 Å². The molecule has 1 saturated carbocycles. The van der Waals surface area contributed by atoms with Gasteiger partial charge >= 0.3 is 0 Å². The van der Waals surface area contributed by atoms with Gasteiger partial charge in [0.2, 0.25) is 0 Å². The summed E-state index contributed by atoms with van der Waals surface area (Å²) in [5.41, 5.74) is 4.05. The van der Waals surface area contributed by atoms with E-state index in [1.54, 1.807) is 0 Å². The number of hydrogen-bond donors (Lipinski definition) is 2. The Labute approximate surface area is 162 Å². The van der Waals surface area contributed by atoms with Crippen molar-refractivity contribution in [2.24, 2.45) is 0 Å². The van der Waals surface area contributed by atoms with Crippen molar-refractivity contribution in [3.8, 4) is 5.75 Å². The number of hydrogen-bond acceptors (Lipinski definition) is 4. The largest absolute Gasteiger partial charge is 0.491 e. The van der Waals surface area contributed by atoms with Crippen LogP contribution in [0.4, 0.5) is 0 Å². The lowest BCUT2D eigenvalue weighted by Gasteiger charge is -2.30. The summed E-state index contributed by atoms with van der Waals surface area (Å²) in [5, 5.41) is 14.0. The molecule has 1 fully saturated rings. The van der Waals surface area contributed by atoms with Gasteiger partial charge in [0.05, 0.1) is 0 Å². The molecule has 27 heavy (non-hydrogen) atoms. The smallest absolute Gasteiger partial charge is 0.119 e.